The number of carbonyl (C=O) groups excluding carboxylic acids is 2. The molecule has 1 aliphatic rings. The van der Waals surface area contributed by atoms with Crippen LogP contribution < -0.4 is 10.2 Å². The zero-order chi connectivity index (χ0) is 22.2. The van der Waals surface area contributed by atoms with E-state index in [1.54, 1.807) is 17.9 Å². The number of alkyl halides is 2. The average molecular weight is 439 g/mol. The Morgan fingerprint density at radius 1 is 1.26 bits per heavy atom. The third-order valence-electron chi connectivity index (χ3n) is 5.16. The molecule has 158 valence electrons. The fraction of sp³-hybridized carbons (Fsp3) is 0.261. The van der Waals surface area contributed by atoms with Crippen LogP contribution in [0, 0.1) is 11.8 Å². The first kappa shape index (κ1) is 20.9. The Hall–Kier alpha value is -3.31. The second kappa shape index (κ2) is 8.08. The maximum Gasteiger partial charge on any atom is 0.321 e. The first-order valence-corrected chi connectivity index (χ1v) is 10.4. The molecule has 31 heavy (non-hydrogen) atoms. The second-order valence-electron chi connectivity index (χ2n) is 7.38. The molecule has 1 N–H and O–H groups in total. The number of aromatic nitrogens is 1. The molecule has 0 unspecified atom stereocenters. The zero-order valence-corrected chi connectivity index (χ0v) is 17.7. The van der Waals surface area contributed by atoms with E-state index < -0.39 is 23.9 Å². The highest BCUT2D eigenvalue weighted by molar-refractivity contribution is 7.13. The minimum absolute atomic E-state index is 0.0747. The molecule has 1 fully saturated rings. The minimum atomic E-state index is -3.53. The summed E-state index contributed by atoms with van der Waals surface area (Å²) < 4.78 is 32.3. The maximum absolute atomic E-state index is 13.5. The van der Waals surface area contributed by atoms with Gasteiger partial charge in [-0.25, -0.2) is 0 Å². The van der Waals surface area contributed by atoms with Crippen molar-refractivity contribution in [1.82, 2.24) is 9.69 Å². The highest BCUT2D eigenvalue weighted by atomic mass is 32.1. The van der Waals surface area contributed by atoms with Gasteiger partial charge in [0.2, 0.25) is 5.91 Å². The Bertz CT molecular complexity index is 1210. The number of anilines is 1. The summed E-state index contributed by atoms with van der Waals surface area (Å²) in [4.78, 5) is 26.5. The van der Waals surface area contributed by atoms with Crippen LogP contribution in [0.5, 0.6) is 0 Å². The Balaban J connectivity index is 1.76. The monoisotopic (exact) mass is 439 g/mol. The third-order valence-corrected chi connectivity index (χ3v) is 5.96. The van der Waals surface area contributed by atoms with E-state index in [-0.39, 0.29) is 12.3 Å². The van der Waals surface area contributed by atoms with Crippen LogP contribution in [0.2, 0.25) is 0 Å². The summed E-state index contributed by atoms with van der Waals surface area (Å²) in [5.41, 5.74) is 2.04. The van der Waals surface area contributed by atoms with Crippen LogP contribution in [-0.4, -0.2) is 28.2 Å². The van der Waals surface area contributed by atoms with E-state index in [2.05, 4.69) is 21.5 Å². The number of nitrogens with zero attached hydrogens (tertiary/aromatic N) is 2. The lowest BCUT2D eigenvalue weighted by atomic mass is 9.99. The summed E-state index contributed by atoms with van der Waals surface area (Å²) in [5.74, 6) is 0.608. The van der Waals surface area contributed by atoms with E-state index in [0.717, 1.165) is 15.6 Å². The molecule has 2 atom stereocenters. The summed E-state index contributed by atoms with van der Waals surface area (Å²) >= 11 is 1.28. The van der Waals surface area contributed by atoms with Crippen LogP contribution in [0.3, 0.4) is 0 Å². The number of benzene rings is 2. The molecule has 0 bridgehead atoms. The zero-order valence-electron chi connectivity index (χ0n) is 16.9. The Labute approximate surface area is 182 Å². The van der Waals surface area contributed by atoms with Crippen molar-refractivity contribution in [2.75, 3.05) is 4.90 Å². The van der Waals surface area contributed by atoms with Gasteiger partial charge in [-0.1, -0.05) is 36.3 Å². The third kappa shape index (κ3) is 4.01. The molecule has 0 radical (unpaired) electrons. The largest absolute Gasteiger partial charge is 0.345 e. The molecule has 8 heteroatoms. The van der Waals surface area contributed by atoms with E-state index >= 15 is 0 Å². The predicted octanol–water partition coefficient (Wildman–Crippen LogP) is 4.29. The lowest BCUT2D eigenvalue weighted by molar-refractivity contribution is -0.143. The molecule has 1 saturated heterocycles. The van der Waals surface area contributed by atoms with Crippen molar-refractivity contribution in [3.63, 3.8) is 0 Å². The van der Waals surface area contributed by atoms with Crippen molar-refractivity contribution in [2.24, 2.45) is 0 Å². The van der Waals surface area contributed by atoms with Crippen LogP contribution >= 0.6 is 11.5 Å². The first-order valence-electron chi connectivity index (χ1n) is 9.67. The van der Waals surface area contributed by atoms with Gasteiger partial charge >= 0.3 is 5.92 Å². The lowest BCUT2D eigenvalue weighted by Gasteiger charge is -2.29. The predicted molar refractivity (Wildman–Crippen MR) is 116 cm³/mol. The molecule has 0 aliphatic carbocycles. The van der Waals surface area contributed by atoms with Crippen molar-refractivity contribution in [3.05, 3.63) is 59.8 Å². The van der Waals surface area contributed by atoms with E-state index in [1.165, 1.54) is 11.5 Å². The van der Waals surface area contributed by atoms with Gasteiger partial charge in [-0.3, -0.25) is 9.59 Å². The summed E-state index contributed by atoms with van der Waals surface area (Å²) in [5, 5.41) is 3.27. The number of amides is 2. The van der Waals surface area contributed by atoms with Gasteiger partial charge in [0.1, 0.15) is 5.69 Å². The van der Waals surface area contributed by atoms with Gasteiger partial charge in [-0.15, -0.1) is 0 Å². The molecule has 2 aromatic carbocycles. The summed E-state index contributed by atoms with van der Waals surface area (Å²) in [6.45, 7) is 2.28. The Morgan fingerprint density at radius 3 is 2.68 bits per heavy atom. The van der Waals surface area contributed by atoms with Crippen molar-refractivity contribution < 1.29 is 18.4 Å². The van der Waals surface area contributed by atoms with Crippen molar-refractivity contribution in [2.45, 2.75) is 38.3 Å². The van der Waals surface area contributed by atoms with Crippen LogP contribution in [0.1, 0.15) is 37.6 Å². The fourth-order valence-corrected chi connectivity index (χ4v) is 4.55. The number of halogens is 2. The minimum Gasteiger partial charge on any atom is -0.345 e. The molecule has 1 aliphatic heterocycles. The van der Waals surface area contributed by atoms with Gasteiger partial charge in [-0.05, 0) is 48.1 Å². The highest BCUT2D eigenvalue weighted by Gasteiger charge is 2.45. The number of carbonyl (C=O) groups is 2. The molecule has 0 spiro atoms. The van der Waals surface area contributed by atoms with E-state index in [9.17, 15) is 18.4 Å². The Kier molecular flexibility index (Phi) is 5.46. The summed E-state index contributed by atoms with van der Waals surface area (Å²) in [6, 6.07) is 13.2. The number of nitrogens with one attached hydrogen (secondary N) is 1. The molecule has 0 saturated carbocycles. The van der Waals surface area contributed by atoms with Crippen molar-refractivity contribution in [3.8, 4) is 11.8 Å². The van der Waals surface area contributed by atoms with Gasteiger partial charge in [0, 0.05) is 24.4 Å². The van der Waals surface area contributed by atoms with Gasteiger partial charge < -0.3 is 10.2 Å². The van der Waals surface area contributed by atoms with Gasteiger partial charge in [-0.2, -0.15) is 13.2 Å². The topological polar surface area (TPSA) is 62.3 Å². The van der Waals surface area contributed by atoms with Crippen LogP contribution in [0.15, 0.2) is 48.5 Å². The van der Waals surface area contributed by atoms with E-state index in [0.29, 0.717) is 18.3 Å². The molecular formula is C23H19F2N3O2S. The van der Waals surface area contributed by atoms with E-state index in [4.69, 9.17) is 0 Å². The molecule has 2 heterocycles. The van der Waals surface area contributed by atoms with Gasteiger partial charge in [0.05, 0.1) is 16.8 Å². The first-order chi connectivity index (χ1) is 14.8. The number of hydrogen-bond donors (Lipinski definition) is 1. The van der Waals surface area contributed by atoms with Crippen molar-refractivity contribution in [1.29, 1.82) is 0 Å². The second-order valence-corrected chi connectivity index (χ2v) is 8.18. The molecule has 5 nitrogen and oxygen atoms in total. The Morgan fingerprint density at radius 2 is 2.00 bits per heavy atom. The summed E-state index contributed by atoms with van der Waals surface area (Å²) in [7, 11) is 0. The standard InChI is InChI=1S/C23H19F2N3O2S/c1-3-7-17-16-11-10-15(12-19(16)31-27-17)28-20(29)13-18(26-22(30)23(2,24)25)21(28)14-8-5-4-6-9-14/h4-6,8-12,18,21H,13H2,1-2H3,(H,26,30)/t18-,21+/m1/s1. The molecule has 3 aromatic rings. The number of hydrogen-bond acceptors (Lipinski definition) is 4. The molecule has 4 rings (SSSR count). The van der Waals surface area contributed by atoms with Crippen LogP contribution in [0.4, 0.5) is 14.5 Å². The van der Waals surface area contributed by atoms with Crippen LogP contribution in [-0.2, 0) is 9.59 Å². The maximum atomic E-state index is 13.5. The summed E-state index contributed by atoms with van der Waals surface area (Å²) in [6.07, 6.45) is -0.0747. The highest BCUT2D eigenvalue weighted by Crippen LogP contribution is 2.39. The molecule has 2 amide bonds. The van der Waals surface area contributed by atoms with Crippen LogP contribution in [0.25, 0.3) is 10.1 Å². The fourth-order valence-electron chi connectivity index (χ4n) is 3.78. The molecular weight excluding hydrogens is 420 g/mol. The quantitative estimate of drug-likeness (QED) is 0.617. The number of rotatable bonds is 4. The normalized spacial score (nSPS) is 18.7. The molecule has 1 aromatic heterocycles. The number of fused-ring (bicyclic) bond motifs is 1. The van der Waals surface area contributed by atoms with Crippen molar-refractivity contribution >= 4 is 39.1 Å². The van der Waals surface area contributed by atoms with Gasteiger partial charge in [0.25, 0.3) is 5.91 Å². The smallest absolute Gasteiger partial charge is 0.321 e. The average Bonchev–Trinajstić information content (AvgIpc) is 3.28. The van der Waals surface area contributed by atoms with E-state index in [1.807, 2.05) is 42.5 Å². The lowest BCUT2D eigenvalue weighted by Crippen LogP contribution is -2.46. The SMILES string of the molecule is CC#Cc1nsc2cc(N3C(=O)C[C@@H](NC(=O)C(C)(F)F)[C@@H]3c3ccccc3)ccc12. The van der Waals surface area contributed by atoms with Gasteiger partial charge in [0.15, 0.2) is 0 Å².